The zero-order valence-electron chi connectivity index (χ0n) is 37.6. The number of aryl methyl sites for hydroxylation is 1. The van der Waals surface area contributed by atoms with Crippen LogP contribution in [0.4, 0.5) is 0 Å². The van der Waals surface area contributed by atoms with Crippen molar-refractivity contribution >= 4 is 29.3 Å². The molecule has 2 aromatic rings. The molecule has 1 aromatic heterocycles. The number of carbonyl (C=O) groups is 2. The van der Waals surface area contributed by atoms with Gasteiger partial charge in [-0.25, -0.2) is 0 Å². The monoisotopic (exact) mass is 875 g/mol. The molecule has 61 heavy (non-hydrogen) atoms. The van der Waals surface area contributed by atoms with Crippen LogP contribution in [0.3, 0.4) is 0 Å². The molecule has 1 aromatic carbocycles. The summed E-state index contributed by atoms with van der Waals surface area (Å²) < 4.78 is 25.2. The zero-order valence-corrected chi connectivity index (χ0v) is 38.3. The molecule has 3 heterocycles. The number of pyridine rings is 1. The Labute approximate surface area is 366 Å². The lowest BCUT2D eigenvalue weighted by Crippen LogP contribution is -2.60. The second-order valence-corrected chi connectivity index (χ2v) is 18.1. The topological polar surface area (TPSA) is 190 Å². The van der Waals surface area contributed by atoms with Gasteiger partial charge >= 0.3 is 11.9 Å². The summed E-state index contributed by atoms with van der Waals surface area (Å²) in [6.07, 6.45) is -2.51. The van der Waals surface area contributed by atoms with Crippen LogP contribution >= 0.6 is 11.6 Å². The minimum absolute atomic E-state index is 0.0292. The predicted molar refractivity (Wildman–Crippen MR) is 232 cm³/mol. The molecule has 4 N–H and O–H groups in total. The van der Waals surface area contributed by atoms with Crippen LogP contribution in [0.25, 0.3) is 0 Å². The first kappa shape index (κ1) is 50.4. The van der Waals surface area contributed by atoms with Crippen molar-refractivity contribution in [3.8, 4) is 0 Å². The van der Waals surface area contributed by atoms with Crippen molar-refractivity contribution in [2.75, 3.05) is 20.2 Å². The highest BCUT2D eigenvalue weighted by Crippen LogP contribution is 2.39. The molecule has 0 spiro atoms. The summed E-state index contributed by atoms with van der Waals surface area (Å²) in [4.78, 5) is 40.0. The molecule has 342 valence electrons. The zero-order chi connectivity index (χ0) is 45.2. The van der Waals surface area contributed by atoms with E-state index in [1.54, 1.807) is 71.3 Å². The fourth-order valence-corrected chi connectivity index (χ4v) is 9.05. The number of hydrogen-bond donors (Lipinski definition) is 4. The number of ether oxygens (including phenoxy) is 4. The second-order valence-electron chi connectivity index (χ2n) is 17.7. The first-order chi connectivity index (χ1) is 28.7. The van der Waals surface area contributed by atoms with Crippen molar-refractivity contribution in [1.29, 1.82) is 0 Å². The standard InChI is InChI=1S/C46H70ClN3O11/c1-11-36-46(9,56)41(53)29(5)38(49-57-23-13-14-32-19-21-48-22-20-32)27(3)26-45(8,55)42(61-44-39(52)35(50(10)12-2)24-28(4)58-44)30(6)40(31(7)43(54)59-36)60-37(51)25-33-15-17-34(47)18-16-33/h15-22,27-31,35-36,39-42,44,52-53,55-56H,11-14,23-26H2,1-10H3/b49-38+/t27-,28-,29+,30+,31-,35+,36-,39-,40+,41-,42-,44+,45-,46-/m1/s1. The lowest BCUT2D eigenvalue weighted by atomic mass is 9.73. The number of halogens is 1. The number of oxime groups is 1. The van der Waals surface area contributed by atoms with Crippen LogP contribution in [0.2, 0.25) is 5.02 Å². The summed E-state index contributed by atoms with van der Waals surface area (Å²) >= 11 is 6.10. The Morgan fingerprint density at radius 2 is 1.66 bits per heavy atom. The normalized spacial score (nSPS) is 36.3. The van der Waals surface area contributed by atoms with E-state index in [9.17, 15) is 30.0 Å². The van der Waals surface area contributed by atoms with E-state index >= 15 is 0 Å². The largest absolute Gasteiger partial charge is 0.461 e. The van der Waals surface area contributed by atoms with Gasteiger partial charge in [0, 0.05) is 41.2 Å². The smallest absolute Gasteiger partial charge is 0.312 e. The third-order valence-corrected chi connectivity index (χ3v) is 12.9. The fourth-order valence-electron chi connectivity index (χ4n) is 8.92. The molecular weight excluding hydrogens is 806 g/mol. The molecule has 2 aliphatic heterocycles. The highest BCUT2D eigenvalue weighted by atomic mass is 35.5. The third-order valence-electron chi connectivity index (χ3n) is 12.6. The quantitative estimate of drug-likeness (QED) is 0.112. The summed E-state index contributed by atoms with van der Waals surface area (Å²) in [5.74, 6) is -4.98. The lowest BCUT2D eigenvalue weighted by molar-refractivity contribution is -0.299. The SMILES string of the molecule is CC[C@H]1OC(=O)[C@H](C)[C@@H](OC(=O)Cc2ccc(Cl)cc2)[C@H](C)[C@@H](O[C@@H]2O[C@H](C)C[C@H](N(C)CC)[C@H]2O)[C@](C)(O)C[C@@H](C)/C(=N\OCCCc2ccncc2)[C@H](C)[C@@H](O)[C@]1(C)O. The number of benzene rings is 1. The van der Waals surface area contributed by atoms with Gasteiger partial charge in [0.05, 0.1) is 42.0 Å². The highest BCUT2D eigenvalue weighted by Gasteiger charge is 2.52. The van der Waals surface area contributed by atoms with E-state index in [1.165, 1.54) is 6.92 Å². The van der Waals surface area contributed by atoms with Crippen molar-refractivity contribution in [3.05, 3.63) is 64.9 Å². The van der Waals surface area contributed by atoms with Gasteiger partial charge in [-0.15, -0.1) is 0 Å². The van der Waals surface area contributed by atoms with E-state index < -0.39 is 83.6 Å². The number of esters is 2. The Morgan fingerprint density at radius 3 is 2.28 bits per heavy atom. The van der Waals surface area contributed by atoms with Crippen LogP contribution in [0.5, 0.6) is 0 Å². The van der Waals surface area contributed by atoms with Gasteiger partial charge in [-0.3, -0.25) is 14.6 Å². The van der Waals surface area contributed by atoms with Gasteiger partial charge in [0.1, 0.15) is 30.5 Å². The Bertz CT molecular complexity index is 1710. The molecule has 14 atom stereocenters. The van der Waals surface area contributed by atoms with Crippen LogP contribution in [0, 0.1) is 23.7 Å². The molecule has 0 amide bonds. The van der Waals surface area contributed by atoms with E-state index in [0.29, 0.717) is 35.7 Å². The number of likely N-dealkylation sites (N-methyl/N-ethyl adjacent to an activating group) is 1. The number of aliphatic hydroxyl groups excluding tert-OH is 2. The van der Waals surface area contributed by atoms with E-state index in [4.69, 9.17) is 35.4 Å². The maximum atomic E-state index is 14.2. The third kappa shape index (κ3) is 13.2. The first-order valence-electron chi connectivity index (χ1n) is 21.8. The molecule has 2 saturated heterocycles. The van der Waals surface area contributed by atoms with Crippen molar-refractivity contribution in [2.45, 2.75) is 161 Å². The first-order valence-corrected chi connectivity index (χ1v) is 22.1. The van der Waals surface area contributed by atoms with Crippen molar-refractivity contribution < 1.29 is 53.8 Å². The average molecular weight is 877 g/mol. The molecular formula is C46H70ClN3O11. The Morgan fingerprint density at radius 1 is 1.00 bits per heavy atom. The minimum atomic E-state index is -1.97. The predicted octanol–water partition coefficient (Wildman–Crippen LogP) is 5.53. The van der Waals surface area contributed by atoms with E-state index in [-0.39, 0.29) is 38.0 Å². The van der Waals surface area contributed by atoms with Crippen LogP contribution in [-0.2, 0) is 46.2 Å². The molecule has 4 rings (SSSR count). The van der Waals surface area contributed by atoms with E-state index in [0.717, 1.165) is 12.0 Å². The summed E-state index contributed by atoms with van der Waals surface area (Å²) in [5.41, 5.74) is -1.69. The van der Waals surface area contributed by atoms with Crippen LogP contribution in [0.1, 0.15) is 99.1 Å². The maximum Gasteiger partial charge on any atom is 0.312 e. The van der Waals surface area contributed by atoms with Crippen molar-refractivity contribution in [1.82, 2.24) is 9.88 Å². The fraction of sp³-hybridized carbons (Fsp3) is 0.696. The lowest BCUT2D eigenvalue weighted by Gasteiger charge is -2.47. The molecule has 0 saturated carbocycles. The molecule has 15 heteroatoms. The van der Waals surface area contributed by atoms with Crippen LogP contribution in [0.15, 0.2) is 53.9 Å². The van der Waals surface area contributed by atoms with Gasteiger partial charge in [0.15, 0.2) is 6.29 Å². The number of hydrogen-bond acceptors (Lipinski definition) is 14. The Kier molecular flexibility index (Phi) is 18.5. The molecule has 0 radical (unpaired) electrons. The van der Waals surface area contributed by atoms with Gasteiger partial charge in [0.25, 0.3) is 0 Å². The molecule has 14 nitrogen and oxygen atoms in total. The highest BCUT2D eigenvalue weighted by molar-refractivity contribution is 6.30. The Hall–Kier alpha value is -3.21. The van der Waals surface area contributed by atoms with Crippen molar-refractivity contribution in [3.63, 3.8) is 0 Å². The molecule has 0 aliphatic carbocycles. The number of aromatic nitrogens is 1. The molecule has 0 bridgehead atoms. The number of cyclic esters (lactones) is 1. The van der Waals surface area contributed by atoms with Crippen molar-refractivity contribution in [2.24, 2.45) is 28.8 Å². The molecule has 0 unspecified atom stereocenters. The summed E-state index contributed by atoms with van der Waals surface area (Å²) in [7, 11) is 1.91. The molecule has 2 aliphatic rings. The van der Waals surface area contributed by atoms with E-state index in [2.05, 4.69) is 10.1 Å². The van der Waals surface area contributed by atoms with Gasteiger partial charge in [-0.2, -0.15) is 0 Å². The van der Waals surface area contributed by atoms with Gasteiger partial charge in [-0.1, -0.05) is 63.5 Å². The maximum absolute atomic E-state index is 14.2. The van der Waals surface area contributed by atoms with Crippen LogP contribution < -0.4 is 0 Å². The summed E-state index contributed by atoms with van der Waals surface area (Å²) in [6.45, 7) is 16.3. The van der Waals surface area contributed by atoms with Gasteiger partial charge in [-0.05, 0) is 109 Å². The number of carbonyl (C=O) groups excluding carboxylic acids is 2. The number of nitrogens with zero attached hydrogens (tertiary/aromatic N) is 3. The molecule has 2 fully saturated rings. The van der Waals surface area contributed by atoms with Crippen LogP contribution in [-0.4, -0.2) is 128 Å². The minimum Gasteiger partial charge on any atom is -0.461 e. The van der Waals surface area contributed by atoms with Gasteiger partial charge in [0.2, 0.25) is 0 Å². The second kappa shape index (κ2) is 22.4. The number of rotatable bonds is 13. The summed E-state index contributed by atoms with van der Waals surface area (Å²) in [6, 6.07) is 10.3. The number of aliphatic hydroxyl groups is 4. The average Bonchev–Trinajstić information content (AvgIpc) is 3.22. The Balaban J connectivity index is 1.80. The summed E-state index contributed by atoms with van der Waals surface area (Å²) in [5, 5.41) is 53.5. The van der Waals surface area contributed by atoms with E-state index in [1.807, 2.05) is 44.9 Å². The van der Waals surface area contributed by atoms with Gasteiger partial charge < -0.3 is 49.1 Å².